The number of amides is 2. The zero-order chi connectivity index (χ0) is 24.2. The third-order valence-electron chi connectivity index (χ3n) is 5.59. The van der Waals surface area contributed by atoms with Gasteiger partial charge in [-0.2, -0.15) is 10.4 Å². The van der Waals surface area contributed by atoms with E-state index in [1.165, 1.54) is 0 Å². The molecule has 0 saturated heterocycles. The van der Waals surface area contributed by atoms with E-state index in [1.807, 2.05) is 45.2 Å². The Morgan fingerprint density at radius 2 is 1.82 bits per heavy atom. The van der Waals surface area contributed by atoms with Crippen LogP contribution in [0.25, 0.3) is 22.2 Å². The Balaban J connectivity index is 0.00000133. The molecule has 0 bridgehead atoms. The van der Waals surface area contributed by atoms with Crippen molar-refractivity contribution >= 4 is 34.3 Å². The van der Waals surface area contributed by atoms with Crippen molar-refractivity contribution in [1.82, 2.24) is 14.8 Å². The number of hydrogen-bond donors (Lipinski definition) is 3. The van der Waals surface area contributed by atoms with Gasteiger partial charge >= 0.3 is 6.03 Å². The van der Waals surface area contributed by atoms with Crippen molar-refractivity contribution in [3.05, 3.63) is 65.9 Å². The van der Waals surface area contributed by atoms with Gasteiger partial charge in [0, 0.05) is 24.3 Å². The van der Waals surface area contributed by atoms with Crippen LogP contribution in [0.2, 0.25) is 0 Å². The van der Waals surface area contributed by atoms with Gasteiger partial charge < -0.3 is 16.4 Å². The van der Waals surface area contributed by atoms with Gasteiger partial charge in [0.1, 0.15) is 6.07 Å². The minimum absolute atomic E-state index is 0.403. The van der Waals surface area contributed by atoms with Crippen LogP contribution in [-0.2, 0) is 7.05 Å². The molecule has 5 rings (SSSR count). The van der Waals surface area contributed by atoms with Crippen LogP contribution in [0.5, 0.6) is 0 Å². The topological polar surface area (TPSA) is 122 Å². The van der Waals surface area contributed by atoms with Crippen LogP contribution in [-0.4, -0.2) is 20.8 Å². The molecule has 172 valence electrons. The number of nitrogen functional groups attached to an aromatic ring is 1. The number of nitrogens with one attached hydrogen (secondary N) is 2. The molecule has 1 fully saturated rings. The van der Waals surface area contributed by atoms with E-state index in [2.05, 4.69) is 27.9 Å². The predicted octanol–water partition coefficient (Wildman–Crippen LogP) is 5.64. The molecule has 8 nitrogen and oxygen atoms in total. The highest BCUT2D eigenvalue weighted by Crippen LogP contribution is 2.42. The van der Waals surface area contributed by atoms with E-state index >= 15 is 0 Å². The van der Waals surface area contributed by atoms with Gasteiger partial charge in [-0.05, 0) is 54.3 Å². The molecule has 8 heteroatoms. The normalized spacial score (nSPS) is 12.4. The molecule has 4 aromatic rings. The fourth-order valence-corrected chi connectivity index (χ4v) is 3.82. The fraction of sp³-hybridized carbons (Fsp3) is 0.231. The summed E-state index contributed by atoms with van der Waals surface area (Å²) >= 11 is 0. The molecule has 34 heavy (non-hydrogen) atoms. The second-order valence-corrected chi connectivity index (χ2v) is 7.89. The standard InChI is InChI=1S/C24H21N7O.C2H6/c1-31-23-21(22(26)30-31)18(12-20(28-23)15-6-7-15)14-8-10-17(11-9-14)27-24(32)29-19-5-3-2-4-16(19)13-25;1-2/h2-5,8-12,15H,6-7H2,1H3,(H2,26,30)(H2,27,29,32);1-2H3. The highest BCUT2D eigenvalue weighted by molar-refractivity contribution is 6.02. The maximum atomic E-state index is 12.4. The van der Waals surface area contributed by atoms with E-state index in [4.69, 9.17) is 10.7 Å². The summed E-state index contributed by atoms with van der Waals surface area (Å²) in [6, 6.07) is 18.2. The number of nitrogens with two attached hydrogens (primary N) is 1. The minimum Gasteiger partial charge on any atom is -0.382 e. The van der Waals surface area contributed by atoms with Crippen LogP contribution in [0.4, 0.5) is 22.0 Å². The van der Waals surface area contributed by atoms with Crippen LogP contribution < -0.4 is 16.4 Å². The lowest BCUT2D eigenvalue weighted by molar-refractivity contribution is 0.262. The van der Waals surface area contributed by atoms with E-state index in [1.54, 1.807) is 28.9 Å². The zero-order valence-corrected chi connectivity index (χ0v) is 19.5. The summed E-state index contributed by atoms with van der Waals surface area (Å²) in [7, 11) is 1.85. The van der Waals surface area contributed by atoms with Gasteiger partial charge in [-0.15, -0.1) is 0 Å². The maximum Gasteiger partial charge on any atom is 0.323 e. The van der Waals surface area contributed by atoms with Crippen LogP contribution >= 0.6 is 0 Å². The average molecular weight is 454 g/mol. The van der Waals surface area contributed by atoms with E-state index in [0.717, 1.165) is 40.7 Å². The molecule has 2 amide bonds. The number of fused-ring (bicyclic) bond motifs is 1. The van der Waals surface area contributed by atoms with Crippen LogP contribution in [0.3, 0.4) is 0 Å². The lowest BCUT2D eigenvalue weighted by Crippen LogP contribution is -2.19. The van der Waals surface area contributed by atoms with Gasteiger partial charge in [0.25, 0.3) is 0 Å². The molecule has 2 aromatic heterocycles. The Morgan fingerprint density at radius 1 is 1.12 bits per heavy atom. The molecule has 1 aliphatic carbocycles. The highest BCUT2D eigenvalue weighted by atomic mass is 16.2. The molecule has 1 aliphatic rings. The summed E-state index contributed by atoms with van der Waals surface area (Å²) < 4.78 is 1.72. The Kier molecular flexibility index (Phi) is 6.46. The van der Waals surface area contributed by atoms with Crippen molar-refractivity contribution < 1.29 is 4.79 Å². The number of carbonyl (C=O) groups excluding carboxylic acids is 1. The van der Waals surface area contributed by atoms with E-state index < -0.39 is 6.03 Å². The number of nitrogens with zero attached hydrogens (tertiary/aromatic N) is 4. The van der Waals surface area contributed by atoms with Gasteiger partial charge in [-0.25, -0.2) is 14.5 Å². The molecule has 0 spiro atoms. The quantitative estimate of drug-likeness (QED) is 0.369. The number of aryl methyl sites for hydroxylation is 1. The lowest BCUT2D eigenvalue weighted by Gasteiger charge is -2.11. The SMILES string of the molecule is CC.Cn1nc(N)c2c(-c3ccc(NC(=O)Nc4ccccc4C#N)cc3)cc(C3CC3)nc21. The van der Waals surface area contributed by atoms with Crippen molar-refractivity contribution in [2.75, 3.05) is 16.4 Å². The Labute approximate surface area is 198 Å². The Hall–Kier alpha value is -4.38. The van der Waals surface area contributed by atoms with Gasteiger partial charge in [-0.3, -0.25) is 0 Å². The molecule has 0 aliphatic heterocycles. The first kappa shape index (κ1) is 22.8. The summed E-state index contributed by atoms with van der Waals surface area (Å²) in [6.45, 7) is 4.00. The summed E-state index contributed by atoms with van der Waals surface area (Å²) in [4.78, 5) is 17.2. The summed E-state index contributed by atoms with van der Waals surface area (Å²) in [5.41, 5.74) is 11.5. The summed E-state index contributed by atoms with van der Waals surface area (Å²) in [5.74, 6) is 0.945. The number of para-hydroxylation sites is 1. The van der Waals surface area contributed by atoms with Gasteiger partial charge in [0.2, 0.25) is 0 Å². The van der Waals surface area contributed by atoms with Crippen molar-refractivity contribution in [2.24, 2.45) is 7.05 Å². The fourth-order valence-electron chi connectivity index (χ4n) is 3.82. The predicted molar refractivity (Wildman–Crippen MR) is 135 cm³/mol. The number of urea groups is 1. The Bertz CT molecular complexity index is 1380. The van der Waals surface area contributed by atoms with Crippen molar-refractivity contribution in [3.8, 4) is 17.2 Å². The Morgan fingerprint density at radius 3 is 2.50 bits per heavy atom. The van der Waals surface area contributed by atoms with Crippen LogP contribution in [0, 0.1) is 11.3 Å². The number of rotatable bonds is 4. The van der Waals surface area contributed by atoms with Crippen LogP contribution in [0.1, 0.15) is 43.9 Å². The van der Waals surface area contributed by atoms with Gasteiger partial charge in [0.15, 0.2) is 11.5 Å². The van der Waals surface area contributed by atoms with E-state index in [9.17, 15) is 10.1 Å². The van der Waals surface area contributed by atoms with E-state index in [-0.39, 0.29) is 0 Å². The first-order chi connectivity index (χ1) is 16.5. The number of aromatic nitrogens is 3. The number of anilines is 3. The monoisotopic (exact) mass is 453 g/mol. The third-order valence-corrected chi connectivity index (χ3v) is 5.59. The first-order valence-electron chi connectivity index (χ1n) is 11.3. The molecular formula is C26H27N7O. The lowest BCUT2D eigenvalue weighted by atomic mass is 10.0. The molecule has 0 radical (unpaired) electrons. The number of pyridine rings is 1. The van der Waals surface area contributed by atoms with Crippen molar-refractivity contribution in [1.29, 1.82) is 5.26 Å². The second kappa shape index (κ2) is 9.63. The van der Waals surface area contributed by atoms with Crippen LogP contribution in [0.15, 0.2) is 54.6 Å². The first-order valence-corrected chi connectivity index (χ1v) is 11.3. The van der Waals surface area contributed by atoms with Crippen molar-refractivity contribution in [2.45, 2.75) is 32.6 Å². The molecule has 2 heterocycles. The third kappa shape index (κ3) is 4.55. The zero-order valence-electron chi connectivity index (χ0n) is 19.5. The number of nitriles is 1. The minimum atomic E-state index is -0.417. The smallest absolute Gasteiger partial charge is 0.323 e. The number of hydrogen-bond acceptors (Lipinski definition) is 5. The second-order valence-electron chi connectivity index (χ2n) is 7.89. The largest absolute Gasteiger partial charge is 0.382 e. The van der Waals surface area contributed by atoms with Crippen molar-refractivity contribution in [3.63, 3.8) is 0 Å². The molecule has 4 N–H and O–H groups in total. The summed E-state index contributed by atoms with van der Waals surface area (Å²) in [6.07, 6.45) is 2.30. The maximum absolute atomic E-state index is 12.4. The molecular weight excluding hydrogens is 426 g/mol. The van der Waals surface area contributed by atoms with Gasteiger partial charge in [-0.1, -0.05) is 38.1 Å². The summed E-state index contributed by atoms with van der Waals surface area (Å²) in [5, 5.41) is 19.9. The number of carbonyl (C=O) groups is 1. The average Bonchev–Trinajstić information content (AvgIpc) is 3.66. The number of benzene rings is 2. The van der Waals surface area contributed by atoms with E-state index in [0.29, 0.717) is 28.7 Å². The highest BCUT2D eigenvalue weighted by Gasteiger charge is 2.27. The molecule has 0 unspecified atom stereocenters. The van der Waals surface area contributed by atoms with Gasteiger partial charge in [0.05, 0.1) is 16.6 Å². The molecule has 2 aromatic carbocycles. The molecule has 1 saturated carbocycles. The molecule has 0 atom stereocenters.